The van der Waals surface area contributed by atoms with E-state index in [1.54, 1.807) is 42.2 Å². The molecule has 6 nitrogen and oxygen atoms in total. The van der Waals surface area contributed by atoms with Gasteiger partial charge in [0.25, 0.3) is 5.91 Å². The number of carbonyl (C=O) groups is 2. The van der Waals surface area contributed by atoms with Crippen LogP contribution in [0.3, 0.4) is 0 Å². The lowest BCUT2D eigenvalue weighted by Crippen LogP contribution is -2.46. The molecule has 1 aliphatic rings. The third kappa shape index (κ3) is 5.49. The van der Waals surface area contributed by atoms with Crippen LogP contribution in [0.5, 0.6) is 11.5 Å². The van der Waals surface area contributed by atoms with Crippen LogP contribution in [0.4, 0.5) is 15.8 Å². The number of hydrogen-bond acceptors (Lipinski definition) is 4. The minimum absolute atomic E-state index is 0.109. The molecule has 0 fully saturated rings. The largest absolute Gasteiger partial charge is 0.492 e. The number of nitrogens with zero attached hydrogens (tertiary/aromatic N) is 1. The first-order valence-electron chi connectivity index (χ1n) is 10.7. The van der Waals surface area contributed by atoms with Gasteiger partial charge < -0.3 is 19.7 Å². The van der Waals surface area contributed by atoms with Crippen LogP contribution in [0.15, 0.2) is 66.7 Å². The second-order valence-electron chi connectivity index (χ2n) is 7.95. The molecule has 1 aliphatic heterocycles. The minimum atomic E-state index is -0.615. The number of benzene rings is 3. The predicted molar refractivity (Wildman–Crippen MR) is 124 cm³/mol. The SMILES string of the molecule is Cc1cccc(OCCN2C(=O)C(C)Oc3ccc(NC(=O)Cc4ccc(F)cc4)cc32)c1. The molecular formula is C26H25FN2O4. The fraction of sp³-hybridized carbons (Fsp3) is 0.231. The third-order valence-electron chi connectivity index (χ3n) is 5.30. The van der Waals surface area contributed by atoms with Gasteiger partial charge in [0.05, 0.1) is 18.7 Å². The van der Waals surface area contributed by atoms with Crippen LogP contribution in [-0.2, 0) is 16.0 Å². The average molecular weight is 448 g/mol. The van der Waals surface area contributed by atoms with Crippen LogP contribution in [-0.4, -0.2) is 31.1 Å². The Morgan fingerprint density at radius 1 is 1.12 bits per heavy atom. The maximum absolute atomic E-state index is 13.1. The van der Waals surface area contributed by atoms with Crippen molar-refractivity contribution in [2.45, 2.75) is 26.4 Å². The molecule has 2 amide bonds. The number of aryl methyl sites for hydroxylation is 1. The molecule has 4 rings (SSSR count). The molecule has 170 valence electrons. The van der Waals surface area contributed by atoms with Crippen molar-refractivity contribution in [2.24, 2.45) is 0 Å². The normalized spacial score (nSPS) is 14.9. The van der Waals surface area contributed by atoms with Gasteiger partial charge in [0.2, 0.25) is 5.91 Å². The maximum Gasteiger partial charge on any atom is 0.267 e. The smallest absolute Gasteiger partial charge is 0.267 e. The van der Waals surface area contributed by atoms with E-state index in [9.17, 15) is 14.0 Å². The van der Waals surface area contributed by atoms with Gasteiger partial charge in [0.1, 0.15) is 23.9 Å². The lowest BCUT2D eigenvalue weighted by Gasteiger charge is -2.33. The zero-order chi connectivity index (χ0) is 23.4. The van der Waals surface area contributed by atoms with Gasteiger partial charge >= 0.3 is 0 Å². The molecule has 7 heteroatoms. The van der Waals surface area contributed by atoms with Crippen LogP contribution in [0.2, 0.25) is 0 Å². The highest BCUT2D eigenvalue weighted by Gasteiger charge is 2.31. The van der Waals surface area contributed by atoms with Crippen LogP contribution in [0, 0.1) is 12.7 Å². The molecule has 0 saturated heterocycles. The van der Waals surface area contributed by atoms with Crippen molar-refractivity contribution in [3.8, 4) is 11.5 Å². The number of anilines is 2. The molecule has 1 unspecified atom stereocenters. The van der Waals surface area contributed by atoms with E-state index >= 15 is 0 Å². The van der Waals surface area contributed by atoms with Crippen molar-refractivity contribution in [2.75, 3.05) is 23.4 Å². The minimum Gasteiger partial charge on any atom is -0.492 e. The molecule has 0 spiro atoms. The van der Waals surface area contributed by atoms with E-state index in [-0.39, 0.29) is 24.1 Å². The first-order valence-corrected chi connectivity index (χ1v) is 10.7. The lowest BCUT2D eigenvalue weighted by molar-refractivity contribution is -0.125. The summed E-state index contributed by atoms with van der Waals surface area (Å²) in [6.45, 7) is 4.34. The summed E-state index contributed by atoms with van der Waals surface area (Å²) < 4.78 is 24.6. The predicted octanol–water partition coefficient (Wildman–Crippen LogP) is 4.51. The number of nitrogens with one attached hydrogen (secondary N) is 1. The van der Waals surface area contributed by atoms with Crippen LogP contribution >= 0.6 is 0 Å². The highest BCUT2D eigenvalue weighted by molar-refractivity contribution is 6.01. The van der Waals surface area contributed by atoms with Crippen molar-refractivity contribution < 1.29 is 23.5 Å². The fourth-order valence-electron chi connectivity index (χ4n) is 3.67. The van der Waals surface area contributed by atoms with Gasteiger partial charge in [0, 0.05) is 5.69 Å². The summed E-state index contributed by atoms with van der Waals surface area (Å²) in [5.41, 5.74) is 2.91. The molecular weight excluding hydrogens is 423 g/mol. The Morgan fingerprint density at radius 2 is 1.91 bits per heavy atom. The van der Waals surface area contributed by atoms with Crippen molar-refractivity contribution in [3.63, 3.8) is 0 Å². The van der Waals surface area contributed by atoms with Gasteiger partial charge in [-0.15, -0.1) is 0 Å². The molecule has 3 aromatic rings. The highest BCUT2D eigenvalue weighted by Crippen LogP contribution is 2.36. The molecule has 1 N–H and O–H groups in total. The Hall–Kier alpha value is -3.87. The summed E-state index contributed by atoms with van der Waals surface area (Å²) in [6, 6.07) is 18.7. The molecule has 1 heterocycles. The average Bonchev–Trinajstić information content (AvgIpc) is 2.78. The summed E-state index contributed by atoms with van der Waals surface area (Å²) in [6.07, 6.45) is -0.506. The second-order valence-corrected chi connectivity index (χ2v) is 7.95. The summed E-state index contributed by atoms with van der Waals surface area (Å²) >= 11 is 0. The summed E-state index contributed by atoms with van der Waals surface area (Å²) in [7, 11) is 0. The third-order valence-corrected chi connectivity index (χ3v) is 5.30. The van der Waals surface area contributed by atoms with E-state index in [1.165, 1.54) is 12.1 Å². The number of carbonyl (C=O) groups excluding carboxylic acids is 2. The van der Waals surface area contributed by atoms with Gasteiger partial charge in [-0.2, -0.15) is 0 Å². The monoisotopic (exact) mass is 448 g/mol. The molecule has 3 aromatic carbocycles. The molecule has 0 saturated carbocycles. The van der Waals surface area contributed by atoms with Gasteiger partial charge in [-0.3, -0.25) is 9.59 Å². The van der Waals surface area contributed by atoms with Crippen molar-refractivity contribution in [1.82, 2.24) is 0 Å². The van der Waals surface area contributed by atoms with E-state index in [1.807, 2.05) is 31.2 Å². The van der Waals surface area contributed by atoms with Crippen molar-refractivity contribution in [1.29, 1.82) is 0 Å². The number of rotatable bonds is 7. The Morgan fingerprint density at radius 3 is 2.67 bits per heavy atom. The highest BCUT2D eigenvalue weighted by atomic mass is 19.1. The second kappa shape index (κ2) is 9.73. The number of fused-ring (bicyclic) bond motifs is 1. The quantitative estimate of drug-likeness (QED) is 0.578. The Balaban J connectivity index is 1.46. The molecule has 0 aliphatic carbocycles. The summed E-state index contributed by atoms with van der Waals surface area (Å²) in [5, 5.41) is 2.83. The van der Waals surface area contributed by atoms with Crippen LogP contribution in [0.25, 0.3) is 0 Å². The van der Waals surface area contributed by atoms with Crippen LogP contribution in [0.1, 0.15) is 18.1 Å². The number of halogens is 1. The molecule has 0 bridgehead atoms. The van der Waals surface area contributed by atoms with Crippen molar-refractivity contribution in [3.05, 3.63) is 83.7 Å². The van der Waals surface area contributed by atoms with Gasteiger partial charge in [-0.05, 0) is 67.4 Å². The summed E-state index contributed by atoms with van der Waals surface area (Å²) in [5.74, 6) is 0.539. The molecule has 1 atom stereocenters. The fourth-order valence-corrected chi connectivity index (χ4v) is 3.67. The van der Waals surface area contributed by atoms with E-state index in [0.717, 1.165) is 11.3 Å². The van der Waals surface area contributed by atoms with E-state index in [0.29, 0.717) is 35.8 Å². The number of ether oxygens (including phenoxy) is 2. The lowest BCUT2D eigenvalue weighted by atomic mass is 10.1. The van der Waals surface area contributed by atoms with E-state index in [4.69, 9.17) is 9.47 Å². The van der Waals surface area contributed by atoms with Gasteiger partial charge in [-0.25, -0.2) is 4.39 Å². The number of amides is 2. The standard InChI is InChI=1S/C26H25FN2O4/c1-17-4-3-5-22(14-17)32-13-12-29-23-16-21(10-11-24(23)33-18(2)26(29)31)28-25(30)15-19-6-8-20(27)9-7-19/h3-11,14,16,18H,12-13,15H2,1-2H3,(H,28,30). The first-order chi connectivity index (χ1) is 15.9. The Bertz CT molecular complexity index is 1160. The molecule has 0 aromatic heterocycles. The van der Waals surface area contributed by atoms with Gasteiger partial charge in [0.15, 0.2) is 6.10 Å². The van der Waals surface area contributed by atoms with Crippen LogP contribution < -0.4 is 19.7 Å². The Kier molecular flexibility index (Phi) is 6.58. The summed E-state index contributed by atoms with van der Waals surface area (Å²) in [4.78, 5) is 26.9. The van der Waals surface area contributed by atoms with Crippen molar-refractivity contribution >= 4 is 23.2 Å². The Labute approximate surface area is 191 Å². The zero-order valence-corrected chi connectivity index (χ0v) is 18.5. The van der Waals surface area contributed by atoms with E-state index in [2.05, 4.69) is 5.32 Å². The molecule has 0 radical (unpaired) electrons. The zero-order valence-electron chi connectivity index (χ0n) is 18.5. The first kappa shape index (κ1) is 22.3. The van der Waals surface area contributed by atoms with Gasteiger partial charge in [-0.1, -0.05) is 24.3 Å². The number of hydrogen-bond donors (Lipinski definition) is 1. The van der Waals surface area contributed by atoms with E-state index < -0.39 is 6.10 Å². The topological polar surface area (TPSA) is 67.9 Å². The maximum atomic E-state index is 13.1. The molecule has 33 heavy (non-hydrogen) atoms.